The van der Waals surface area contributed by atoms with Crippen molar-refractivity contribution in [1.82, 2.24) is 9.78 Å². The van der Waals surface area contributed by atoms with E-state index in [2.05, 4.69) is 10.4 Å². The van der Waals surface area contributed by atoms with Crippen molar-refractivity contribution in [2.75, 3.05) is 18.5 Å². The van der Waals surface area contributed by atoms with E-state index in [0.29, 0.717) is 25.4 Å². The summed E-state index contributed by atoms with van der Waals surface area (Å²) in [6.07, 6.45) is 1.57. The van der Waals surface area contributed by atoms with Crippen LogP contribution in [0.1, 0.15) is 20.8 Å². The van der Waals surface area contributed by atoms with Crippen molar-refractivity contribution in [2.24, 2.45) is 0 Å². The van der Waals surface area contributed by atoms with Crippen LogP contribution in [-0.2, 0) is 11.3 Å². The Morgan fingerprint density at radius 3 is 2.88 bits per heavy atom. The van der Waals surface area contributed by atoms with Gasteiger partial charge in [0.05, 0.1) is 18.5 Å². The van der Waals surface area contributed by atoms with Gasteiger partial charge >= 0.3 is 0 Å². The van der Waals surface area contributed by atoms with Crippen LogP contribution in [0.25, 0.3) is 0 Å². The van der Waals surface area contributed by atoms with Crippen molar-refractivity contribution in [3.05, 3.63) is 21.6 Å². The van der Waals surface area contributed by atoms with E-state index < -0.39 is 0 Å². The molecule has 1 unspecified atom stereocenters. The number of halogens is 1. The molecule has 0 aliphatic heterocycles. The molecule has 96 valence electrons. The summed E-state index contributed by atoms with van der Waals surface area (Å²) in [4.78, 5) is 11.7. The molecule has 0 bridgehead atoms. The zero-order valence-electron chi connectivity index (χ0n) is 10.4. The monoisotopic (exact) mass is 259 g/mol. The lowest BCUT2D eigenvalue weighted by molar-refractivity contribution is 0.141. The summed E-state index contributed by atoms with van der Waals surface area (Å²) in [5.41, 5.74) is 0.274. The maximum atomic E-state index is 11.7. The largest absolute Gasteiger partial charge is 0.380 e. The van der Waals surface area contributed by atoms with Crippen LogP contribution in [0.2, 0.25) is 5.02 Å². The summed E-state index contributed by atoms with van der Waals surface area (Å²) in [5, 5.41) is 7.28. The molecule has 0 saturated heterocycles. The number of hydrogen-bond donors (Lipinski definition) is 1. The highest BCUT2D eigenvalue weighted by Gasteiger charge is 2.10. The number of rotatable bonds is 6. The summed E-state index contributed by atoms with van der Waals surface area (Å²) in [6.45, 7) is 7.46. The fraction of sp³-hybridized carbons (Fsp3) is 0.636. The third-order valence-corrected chi connectivity index (χ3v) is 2.62. The van der Waals surface area contributed by atoms with Crippen molar-refractivity contribution in [2.45, 2.75) is 33.4 Å². The molecule has 1 rings (SSSR count). The molecule has 0 aromatic carbocycles. The molecular weight excluding hydrogens is 242 g/mol. The van der Waals surface area contributed by atoms with Gasteiger partial charge in [-0.05, 0) is 20.8 Å². The van der Waals surface area contributed by atoms with Crippen LogP contribution in [0.5, 0.6) is 0 Å². The van der Waals surface area contributed by atoms with Gasteiger partial charge in [-0.1, -0.05) is 11.6 Å². The molecule has 1 N–H and O–H groups in total. The molecule has 17 heavy (non-hydrogen) atoms. The quantitative estimate of drug-likeness (QED) is 0.846. The van der Waals surface area contributed by atoms with Crippen LogP contribution >= 0.6 is 11.6 Å². The average molecular weight is 260 g/mol. The molecule has 1 aromatic rings. The molecule has 0 saturated carbocycles. The van der Waals surface area contributed by atoms with Crippen LogP contribution in [0.3, 0.4) is 0 Å². The number of nitrogens with one attached hydrogen (secondary N) is 1. The molecule has 0 radical (unpaired) electrons. The Morgan fingerprint density at radius 2 is 2.29 bits per heavy atom. The van der Waals surface area contributed by atoms with Crippen molar-refractivity contribution in [3.8, 4) is 0 Å². The molecular formula is C11H18ClN3O2. The number of hydrogen-bond acceptors (Lipinski definition) is 4. The zero-order chi connectivity index (χ0) is 12.8. The minimum Gasteiger partial charge on any atom is -0.380 e. The highest BCUT2D eigenvalue weighted by atomic mass is 35.5. The lowest BCUT2D eigenvalue weighted by Crippen LogP contribution is -2.27. The average Bonchev–Trinajstić information content (AvgIpc) is 2.33. The zero-order valence-corrected chi connectivity index (χ0v) is 11.1. The molecule has 0 aliphatic rings. The lowest BCUT2D eigenvalue weighted by Gasteiger charge is -2.15. The fourth-order valence-corrected chi connectivity index (χ4v) is 1.59. The first-order valence-electron chi connectivity index (χ1n) is 5.70. The summed E-state index contributed by atoms with van der Waals surface area (Å²) < 4.78 is 6.59. The first-order valence-corrected chi connectivity index (χ1v) is 6.07. The van der Waals surface area contributed by atoms with Crippen LogP contribution in [0.4, 0.5) is 5.69 Å². The lowest BCUT2D eigenvalue weighted by atomic mass is 10.3. The number of nitrogens with zero attached hydrogens (tertiary/aromatic N) is 2. The Bertz CT molecular complexity index is 420. The number of ether oxygens (including phenoxy) is 1. The SMILES string of the molecule is CCOCC(C)Nc1cnn(CC)c(=O)c1Cl. The highest BCUT2D eigenvalue weighted by molar-refractivity contribution is 6.32. The minimum absolute atomic E-state index is 0.0751. The highest BCUT2D eigenvalue weighted by Crippen LogP contribution is 2.16. The van der Waals surface area contributed by atoms with Crippen molar-refractivity contribution >= 4 is 17.3 Å². The predicted molar refractivity (Wildman–Crippen MR) is 68.8 cm³/mol. The Morgan fingerprint density at radius 1 is 1.59 bits per heavy atom. The standard InChI is InChI=1S/C11H18ClN3O2/c1-4-15-11(16)10(12)9(6-13-15)14-8(3)7-17-5-2/h6,8,14H,4-5,7H2,1-3H3. The van der Waals surface area contributed by atoms with E-state index >= 15 is 0 Å². The second-order valence-corrected chi connectivity index (χ2v) is 4.08. The first-order chi connectivity index (χ1) is 8.10. The fourth-order valence-electron chi connectivity index (χ4n) is 1.39. The molecule has 0 amide bonds. The van der Waals surface area contributed by atoms with Gasteiger partial charge < -0.3 is 10.1 Å². The third kappa shape index (κ3) is 3.71. The van der Waals surface area contributed by atoms with E-state index in [4.69, 9.17) is 16.3 Å². The van der Waals surface area contributed by atoms with Crippen LogP contribution in [0, 0.1) is 0 Å². The van der Waals surface area contributed by atoms with E-state index in [-0.39, 0.29) is 16.6 Å². The van der Waals surface area contributed by atoms with Crippen LogP contribution in [0.15, 0.2) is 11.0 Å². The molecule has 1 aromatic heterocycles. The van der Waals surface area contributed by atoms with Crippen molar-refractivity contribution < 1.29 is 4.74 Å². The van der Waals surface area contributed by atoms with Gasteiger partial charge in [-0.2, -0.15) is 5.10 Å². The van der Waals surface area contributed by atoms with Gasteiger partial charge in [0, 0.05) is 19.2 Å². The summed E-state index contributed by atoms with van der Waals surface area (Å²) in [6, 6.07) is 0.0751. The third-order valence-electron chi connectivity index (χ3n) is 2.26. The molecule has 5 nitrogen and oxygen atoms in total. The van der Waals surface area contributed by atoms with Crippen LogP contribution in [-0.4, -0.2) is 29.0 Å². The van der Waals surface area contributed by atoms with Crippen molar-refractivity contribution in [3.63, 3.8) is 0 Å². The first kappa shape index (κ1) is 14.0. The predicted octanol–water partition coefficient (Wildman–Crippen LogP) is 1.75. The summed E-state index contributed by atoms with van der Waals surface area (Å²) in [7, 11) is 0. The Kier molecular flexibility index (Phi) is 5.44. The number of aromatic nitrogens is 2. The summed E-state index contributed by atoms with van der Waals surface area (Å²) in [5.74, 6) is 0. The molecule has 6 heteroatoms. The van der Waals surface area contributed by atoms with Crippen molar-refractivity contribution in [1.29, 1.82) is 0 Å². The van der Waals surface area contributed by atoms with E-state index in [1.165, 1.54) is 4.68 Å². The van der Waals surface area contributed by atoms with Crippen LogP contribution < -0.4 is 10.9 Å². The molecule has 0 aliphatic carbocycles. The van der Waals surface area contributed by atoms with Gasteiger partial charge in [0.25, 0.3) is 5.56 Å². The van der Waals surface area contributed by atoms with Gasteiger partial charge in [-0.15, -0.1) is 0 Å². The normalized spacial score (nSPS) is 12.5. The van der Waals surface area contributed by atoms with Gasteiger partial charge in [0.1, 0.15) is 5.02 Å². The van der Waals surface area contributed by atoms with Gasteiger partial charge in [0.15, 0.2) is 0 Å². The van der Waals surface area contributed by atoms with Gasteiger partial charge in [-0.25, -0.2) is 4.68 Å². The second-order valence-electron chi connectivity index (χ2n) is 3.70. The number of aryl methyl sites for hydroxylation is 1. The van der Waals surface area contributed by atoms with E-state index in [1.807, 2.05) is 20.8 Å². The van der Waals surface area contributed by atoms with E-state index in [0.717, 1.165) is 0 Å². The Labute approximate surface area is 106 Å². The van der Waals surface area contributed by atoms with Gasteiger partial charge in [-0.3, -0.25) is 4.79 Å². The molecule has 0 fully saturated rings. The summed E-state index contributed by atoms with van der Waals surface area (Å²) >= 11 is 5.98. The molecule has 0 spiro atoms. The maximum absolute atomic E-state index is 11.7. The second kappa shape index (κ2) is 6.61. The molecule has 1 heterocycles. The van der Waals surface area contributed by atoms with E-state index in [9.17, 15) is 4.79 Å². The molecule has 1 atom stereocenters. The Balaban J connectivity index is 2.79. The smallest absolute Gasteiger partial charge is 0.287 e. The van der Waals surface area contributed by atoms with Gasteiger partial charge in [0.2, 0.25) is 0 Å². The minimum atomic E-state index is -0.275. The van der Waals surface area contributed by atoms with E-state index in [1.54, 1.807) is 6.20 Å². The number of anilines is 1. The Hall–Kier alpha value is -1.07. The topological polar surface area (TPSA) is 56.1 Å². The maximum Gasteiger partial charge on any atom is 0.287 e.